The van der Waals surface area contributed by atoms with Gasteiger partial charge in [-0.25, -0.2) is 9.37 Å². The molecule has 160 valence electrons. The van der Waals surface area contributed by atoms with Crippen LogP contribution in [0.2, 0.25) is 0 Å². The van der Waals surface area contributed by atoms with Crippen molar-refractivity contribution in [3.05, 3.63) is 71.4 Å². The van der Waals surface area contributed by atoms with E-state index in [1.807, 2.05) is 0 Å². The van der Waals surface area contributed by atoms with Gasteiger partial charge in [0.15, 0.2) is 5.69 Å². The van der Waals surface area contributed by atoms with E-state index >= 15 is 0 Å². The van der Waals surface area contributed by atoms with Gasteiger partial charge >= 0.3 is 0 Å². The number of hydrogen-bond donors (Lipinski definition) is 2. The van der Waals surface area contributed by atoms with Gasteiger partial charge in [0.1, 0.15) is 5.82 Å². The van der Waals surface area contributed by atoms with Crippen molar-refractivity contribution in [3.63, 3.8) is 0 Å². The molecule has 0 spiro atoms. The Hall–Kier alpha value is -3.75. The summed E-state index contributed by atoms with van der Waals surface area (Å²) in [6.07, 6.45) is 3.00. The van der Waals surface area contributed by atoms with Crippen LogP contribution >= 0.6 is 0 Å². The normalized spacial score (nSPS) is 14.3. The zero-order valence-electron chi connectivity index (χ0n) is 17.0. The first-order valence-corrected chi connectivity index (χ1v) is 9.95. The van der Waals surface area contributed by atoms with Crippen LogP contribution in [0.5, 0.6) is 5.88 Å². The number of aromatic nitrogens is 3. The van der Waals surface area contributed by atoms with Crippen molar-refractivity contribution >= 4 is 17.5 Å². The van der Waals surface area contributed by atoms with Gasteiger partial charge in [0.25, 0.3) is 11.8 Å². The van der Waals surface area contributed by atoms with Crippen LogP contribution in [0.4, 0.5) is 10.1 Å². The number of benzene rings is 1. The topological polar surface area (TPSA) is 100 Å². The molecule has 9 heteroatoms. The van der Waals surface area contributed by atoms with Crippen molar-refractivity contribution in [1.82, 2.24) is 20.1 Å². The lowest BCUT2D eigenvalue weighted by molar-refractivity contribution is 0.0711. The molecule has 1 saturated heterocycles. The van der Waals surface area contributed by atoms with Crippen molar-refractivity contribution in [1.29, 1.82) is 0 Å². The number of ether oxygens (including phenoxy) is 1. The number of nitrogens with one attached hydrogen (secondary N) is 2. The minimum Gasteiger partial charge on any atom is -0.481 e. The lowest BCUT2D eigenvalue weighted by atomic mass is 9.93. The Morgan fingerprint density at radius 1 is 1.19 bits per heavy atom. The zero-order chi connectivity index (χ0) is 21.8. The number of halogens is 1. The van der Waals surface area contributed by atoms with E-state index in [-0.39, 0.29) is 23.2 Å². The molecule has 1 aromatic carbocycles. The molecular weight excluding hydrogens is 401 g/mol. The molecule has 2 aromatic heterocycles. The second-order valence-electron chi connectivity index (χ2n) is 7.30. The van der Waals surface area contributed by atoms with Gasteiger partial charge in [-0.1, -0.05) is 12.1 Å². The van der Waals surface area contributed by atoms with E-state index in [1.165, 1.54) is 25.4 Å². The molecule has 0 aliphatic carbocycles. The van der Waals surface area contributed by atoms with E-state index in [0.29, 0.717) is 24.5 Å². The van der Waals surface area contributed by atoms with Crippen LogP contribution in [0.3, 0.4) is 0 Å². The van der Waals surface area contributed by atoms with Crippen LogP contribution in [0.25, 0.3) is 0 Å². The van der Waals surface area contributed by atoms with Crippen LogP contribution < -0.4 is 10.1 Å². The van der Waals surface area contributed by atoms with Crippen LogP contribution in [0.1, 0.15) is 45.3 Å². The Labute approximate surface area is 178 Å². The number of nitrogens with zero attached hydrogens (tertiary/aromatic N) is 3. The van der Waals surface area contributed by atoms with Crippen molar-refractivity contribution < 1.29 is 18.7 Å². The van der Waals surface area contributed by atoms with Gasteiger partial charge in [0, 0.05) is 37.0 Å². The number of carbonyl (C=O) groups is 2. The van der Waals surface area contributed by atoms with Gasteiger partial charge in [-0.3, -0.25) is 14.7 Å². The standard InChI is InChI=1S/C22H22FN5O3/c1-31-20-7-6-15(13-24-20)22(30)28-10-8-14(9-11-28)18-12-19(27-26-18)21(29)25-17-5-3-2-4-16(17)23/h2-7,12-14H,8-11H2,1H3,(H,25,29)(H,26,27). The smallest absolute Gasteiger partial charge is 0.276 e. The highest BCUT2D eigenvalue weighted by molar-refractivity contribution is 6.03. The zero-order valence-corrected chi connectivity index (χ0v) is 17.0. The molecule has 0 saturated carbocycles. The molecule has 1 aliphatic rings. The van der Waals surface area contributed by atoms with E-state index in [0.717, 1.165) is 18.5 Å². The van der Waals surface area contributed by atoms with Crippen molar-refractivity contribution in [2.45, 2.75) is 18.8 Å². The van der Waals surface area contributed by atoms with Gasteiger partial charge in [-0.05, 0) is 37.1 Å². The predicted molar refractivity (Wildman–Crippen MR) is 112 cm³/mol. The third-order valence-corrected chi connectivity index (χ3v) is 5.37. The maximum atomic E-state index is 13.7. The summed E-state index contributed by atoms with van der Waals surface area (Å²) in [6, 6.07) is 11.0. The SMILES string of the molecule is COc1ccc(C(=O)N2CCC(c3cc(C(=O)Nc4ccccc4F)n[nH]3)CC2)cn1. The van der Waals surface area contributed by atoms with Gasteiger partial charge in [0.2, 0.25) is 5.88 Å². The number of methoxy groups -OCH3 is 1. The van der Waals surface area contributed by atoms with E-state index < -0.39 is 11.7 Å². The molecule has 0 atom stereocenters. The average Bonchev–Trinajstić information content (AvgIpc) is 3.31. The van der Waals surface area contributed by atoms with Crippen molar-refractivity contribution in [2.24, 2.45) is 0 Å². The Balaban J connectivity index is 1.35. The van der Waals surface area contributed by atoms with Gasteiger partial charge in [0.05, 0.1) is 18.4 Å². The number of para-hydroxylation sites is 1. The number of pyridine rings is 1. The number of carbonyl (C=O) groups excluding carboxylic acids is 2. The summed E-state index contributed by atoms with van der Waals surface area (Å²) >= 11 is 0. The number of rotatable bonds is 5. The first-order chi connectivity index (χ1) is 15.0. The predicted octanol–water partition coefficient (Wildman–Crippen LogP) is 3.22. The number of likely N-dealkylation sites (tertiary alicyclic amines) is 1. The highest BCUT2D eigenvalue weighted by Gasteiger charge is 2.26. The van der Waals surface area contributed by atoms with Crippen molar-refractivity contribution in [2.75, 3.05) is 25.5 Å². The third-order valence-electron chi connectivity index (χ3n) is 5.37. The van der Waals surface area contributed by atoms with Crippen LogP contribution in [0, 0.1) is 5.82 Å². The molecule has 4 rings (SSSR count). The minimum absolute atomic E-state index is 0.0665. The number of hydrogen-bond acceptors (Lipinski definition) is 5. The number of H-pyrrole nitrogens is 1. The molecule has 0 unspecified atom stereocenters. The summed E-state index contributed by atoms with van der Waals surface area (Å²) in [4.78, 5) is 30.9. The lowest BCUT2D eigenvalue weighted by Crippen LogP contribution is -2.38. The van der Waals surface area contributed by atoms with E-state index in [2.05, 4.69) is 20.5 Å². The molecule has 0 bridgehead atoms. The van der Waals surface area contributed by atoms with Crippen molar-refractivity contribution in [3.8, 4) is 5.88 Å². The summed E-state index contributed by atoms with van der Waals surface area (Å²) in [5, 5.41) is 9.52. The molecule has 0 radical (unpaired) electrons. The molecule has 8 nitrogen and oxygen atoms in total. The first-order valence-electron chi connectivity index (χ1n) is 9.95. The fourth-order valence-corrected chi connectivity index (χ4v) is 3.61. The van der Waals surface area contributed by atoms with Crippen LogP contribution in [0.15, 0.2) is 48.7 Å². The van der Waals surface area contributed by atoms with Crippen LogP contribution in [-0.4, -0.2) is 52.1 Å². The summed E-state index contributed by atoms with van der Waals surface area (Å²) in [5.41, 5.74) is 1.66. The van der Waals surface area contributed by atoms with E-state index in [1.54, 1.807) is 35.2 Å². The first kappa shape index (κ1) is 20.5. The molecular formula is C22H22FN5O3. The minimum atomic E-state index is -0.504. The Kier molecular flexibility index (Phi) is 5.92. The molecule has 2 N–H and O–H groups in total. The average molecular weight is 423 g/mol. The summed E-state index contributed by atoms with van der Waals surface area (Å²) in [7, 11) is 1.53. The largest absolute Gasteiger partial charge is 0.481 e. The Morgan fingerprint density at radius 3 is 2.65 bits per heavy atom. The second-order valence-corrected chi connectivity index (χ2v) is 7.30. The summed E-state index contributed by atoms with van der Waals surface area (Å²) in [5.74, 6) is -0.434. The second kappa shape index (κ2) is 8.95. The summed E-state index contributed by atoms with van der Waals surface area (Å²) < 4.78 is 18.8. The Morgan fingerprint density at radius 2 is 1.97 bits per heavy atom. The monoisotopic (exact) mass is 423 g/mol. The highest BCUT2D eigenvalue weighted by Crippen LogP contribution is 2.28. The molecule has 3 heterocycles. The van der Waals surface area contributed by atoms with E-state index in [4.69, 9.17) is 4.74 Å². The number of anilines is 1. The molecule has 1 fully saturated rings. The summed E-state index contributed by atoms with van der Waals surface area (Å²) in [6.45, 7) is 1.18. The lowest BCUT2D eigenvalue weighted by Gasteiger charge is -2.31. The Bertz CT molecular complexity index is 1070. The fraction of sp³-hybridized carbons (Fsp3) is 0.273. The number of piperidine rings is 1. The molecule has 1 aliphatic heterocycles. The van der Waals surface area contributed by atoms with Gasteiger partial charge in [-0.2, -0.15) is 5.10 Å². The van der Waals surface area contributed by atoms with Gasteiger partial charge < -0.3 is 15.0 Å². The third kappa shape index (κ3) is 4.55. The number of aromatic amines is 1. The maximum absolute atomic E-state index is 13.7. The van der Waals surface area contributed by atoms with Gasteiger partial charge in [-0.15, -0.1) is 0 Å². The van der Waals surface area contributed by atoms with Crippen LogP contribution in [-0.2, 0) is 0 Å². The quantitative estimate of drug-likeness (QED) is 0.656. The highest BCUT2D eigenvalue weighted by atomic mass is 19.1. The number of amides is 2. The molecule has 31 heavy (non-hydrogen) atoms. The maximum Gasteiger partial charge on any atom is 0.276 e. The molecule has 3 aromatic rings. The fourth-order valence-electron chi connectivity index (χ4n) is 3.61. The van der Waals surface area contributed by atoms with E-state index in [9.17, 15) is 14.0 Å². The molecule has 2 amide bonds.